The van der Waals surface area contributed by atoms with E-state index in [2.05, 4.69) is 17.1 Å². The van der Waals surface area contributed by atoms with Gasteiger partial charge < -0.3 is 9.26 Å². The summed E-state index contributed by atoms with van der Waals surface area (Å²) in [6.45, 7) is 7.46. The van der Waals surface area contributed by atoms with Crippen LogP contribution in [0.25, 0.3) is 0 Å². The van der Waals surface area contributed by atoms with Gasteiger partial charge in [-0.15, -0.1) is 0 Å². The lowest BCUT2D eigenvalue weighted by Crippen LogP contribution is -2.44. The molecule has 8 nitrogen and oxygen atoms in total. The van der Waals surface area contributed by atoms with Gasteiger partial charge in [0.15, 0.2) is 0 Å². The van der Waals surface area contributed by atoms with E-state index >= 15 is 0 Å². The molecule has 1 amide bonds. The first kappa shape index (κ1) is 24.8. The number of amides is 1. The maximum Gasteiger partial charge on any atom is 0.261 e. The fourth-order valence-electron chi connectivity index (χ4n) is 3.36. The van der Waals surface area contributed by atoms with Crippen LogP contribution in [0.3, 0.4) is 0 Å². The van der Waals surface area contributed by atoms with E-state index in [9.17, 15) is 14.6 Å². The van der Waals surface area contributed by atoms with E-state index in [4.69, 9.17) is 9.26 Å². The lowest BCUT2D eigenvalue weighted by molar-refractivity contribution is -0.164. The van der Waals surface area contributed by atoms with Gasteiger partial charge in [-0.2, -0.15) is 0 Å². The molecule has 0 radical (unpaired) electrons. The molecule has 0 spiro atoms. The van der Waals surface area contributed by atoms with Crippen LogP contribution in [0.15, 0.2) is 30.3 Å². The first-order chi connectivity index (χ1) is 14.5. The number of hydroxylamine groups is 2. The van der Waals surface area contributed by atoms with Gasteiger partial charge in [-0.1, -0.05) is 38.5 Å². The fraction of sp³-hybridized carbons (Fsp3) is 0.667. The highest BCUT2D eigenvalue weighted by molar-refractivity contribution is 7.59. The van der Waals surface area contributed by atoms with Crippen LogP contribution in [0.1, 0.15) is 33.1 Å². The number of carbonyl (C=O) groups excluding carboxylic acids is 1. The van der Waals surface area contributed by atoms with Gasteiger partial charge in [0.05, 0.1) is 25.5 Å². The molecule has 9 heteroatoms. The van der Waals surface area contributed by atoms with Crippen molar-refractivity contribution in [2.24, 2.45) is 0 Å². The van der Waals surface area contributed by atoms with Crippen LogP contribution in [0.5, 0.6) is 5.75 Å². The highest BCUT2D eigenvalue weighted by Crippen LogP contribution is 2.45. The van der Waals surface area contributed by atoms with Crippen LogP contribution >= 0.6 is 7.37 Å². The quantitative estimate of drug-likeness (QED) is 0.276. The largest absolute Gasteiger partial charge is 0.442 e. The van der Waals surface area contributed by atoms with Crippen LogP contribution in [0.2, 0.25) is 0 Å². The lowest BCUT2D eigenvalue weighted by Gasteiger charge is -2.33. The molecule has 0 aliphatic carbocycles. The number of ether oxygens (including phenoxy) is 1. The van der Waals surface area contributed by atoms with Gasteiger partial charge in [-0.3, -0.25) is 24.8 Å². The second-order valence-electron chi connectivity index (χ2n) is 7.57. The van der Waals surface area contributed by atoms with Crippen LogP contribution in [0.4, 0.5) is 0 Å². The number of hydrogen-bond donors (Lipinski definition) is 2. The van der Waals surface area contributed by atoms with Crippen molar-refractivity contribution in [3.05, 3.63) is 30.3 Å². The molecule has 2 N–H and O–H groups in total. The zero-order valence-corrected chi connectivity index (χ0v) is 19.1. The van der Waals surface area contributed by atoms with Crippen molar-refractivity contribution in [1.29, 1.82) is 0 Å². The number of nitrogens with one attached hydrogen (secondary N) is 1. The SMILES string of the molecule is CCCC1CN(CCCN(O)C(=O)CNCP(=O)(CC)Oc2ccccc2)CCO1. The van der Waals surface area contributed by atoms with E-state index < -0.39 is 13.3 Å². The first-order valence-electron chi connectivity index (χ1n) is 10.8. The van der Waals surface area contributed by atoms with Crippen LogP contribution in [-0.2, 0) is 14.1 Å². The fourth-order valence-corrected chi connectivity index (χ4v) is 4.73. The minimum atomic E-state index is -2.94. The molecular formula is C21H36N3O5P. The highest BCUT2D eigenvalue weighted by atomic mass is 31.2. The molecule has 1 aromatic carbocycles. The van der Waals surface area contributed by atoms with Gasteiger partial charge >= 0.3 is 0 Å². The van der Waals surface area contributed by atoms with Crippen molar-refractivity contribution in [1.82, 2.24) is 15.3 Å². The number of carbonyl (C=O) groups is 1. The summed E-state index contributed by atoms with van der Waals surface area (Å²) in [5.74, 6) is 0.104. The van der Waals surface area contributed by atoms with Crippen LogP contribution in [-0.4, -0.2) is 79.0 Å². The Morgan fingerprint density at radius 2 is 2.13 bits per heavy atom. The predicted octanol–water partition coefficient (Wildman–Crippen LogP) is 3.02. The standard InChI is InChI=1S/C21H36N3O5P/c1-3-9-20-17-23(14-15-28-20)12-8-13-24(26)21(25)16-22-18-30(27,4-2)29-19-10-6-5-7-11-19/h5-7,10-11,20,22,26H,3-4,8-9,12-18H2,1-2H3. The summed E-state index contributed by atoms with van der Waals surface area (Å²) in [7, 11) is -2.94. The molecule has 0 aromatic heterocycles. The number of benzene rings is 1. The van der Waals surface area contributed by atoms with E-state index in [-0.39, 0.29) is 25.5 Å². The Balaban J connectivity index is 1.65. The summed E-state index contributed by atoms with van der Waals surface area (Å²) in [5.41, 5.74) is 0. The Kier molecular flexibility index (Phi) is 10.8. The minimum Gasteiger partial charge on any atom is -0.442 e. The molecule has 1 aliphatic rings. The molecule has 30 heavy (non-hydrogen) atoms. The average Bonchev–Trinajstić information content (AvgIpc) is 2.75. The number of hydrogen-bond acceptors (Lipinski definition) is 7. The van der Waals surface area contributed by atoms with Crippen molar-refractivity contribution in [3.8, 4) is 5.75 Å². The van der Waals surface area contributed by atoms with Gasteiger partial charge in [0.2, 0.25) is 0 Å². The Morgan fingerprint density at radius 3 is 2.83 bits per heavy atom. The predicted molar refractivity (Wildman–Crippen MR) is 117 cm³/mol. The normalized spacial score (nSPS) is 19.2. The molecule has 2 unspecified atom stereocenters. The van der Waals surface area contributed by atoms with E-state index in [1.54, 1.807) is 19.1 Å². The van der Waals surface area contributed by atoms with Gasteiger partial charge in [-0.05, 0) is 25.0 Å². The lowest BCUT2D eigenvalue weighted by atomic mass is 10.1. The van der Waals surface area contributed by atoms with Crippen molar-refractivity contribution in [2.75, 3.05) is 51.8 Å². The summed E-state index contributed by atoms with van der Waals surface area (Å²) in [5, 5.41) is 13.6. The van der Waals surface area contributed by atoms with Gasteiger partial charge in [0, 0.05) is 32.3 Å². The van der Waals surface area contributed by atoms with Crippen molar-refractivity contribution >= 4 is 13.3 Å². The third kappa shape index (κ3) is 8.74. The molecule has 0 saturated carbocycles. The molecule has 1 aromatic rings. The molecule has 1 fully saturated rings. The Bertz CT molecular complexity index is 674. The number of rotatable bonds is 13. The molecule has 2 atom stereocenters. The van der Waals surface area contributed by atoms with E-state index in [0.29, 0.717) is 18.3 Å². The summed E-state index contributed by atoms with van der Waals surface area (Å²) in [6, 6.07) is 9.00. The smallest absolute Gasteiger partial charge is 0.261 e. The van der Waals surface area contributed by atoms with Crippen molar-refractivity contribution in [3.63, 3.8) is 0 Å². The molecule has 2 rings (SSSR count). The average molecular weight is 442 g/mol. The maximum atomic E-state index is 12.8. The number of morpholine rings is 1. The van der Waals surface area contributed by atoms with Crippen LogP contribution in [0, 0.1) is 0 Å². The second kappa shape index (κ2) is 13.1. The number of para-hydroxylation sites is 1. The van der Waals surface area contributed by atoms with Crippen molar-refractivity contribution in [2.45, 2.75) is 39.2 Å². The number of nitrogens with zero attached hydrogens (tertiary/aromatic N) is 2. The molecule has 1 heterocycles. The molecular weight excluding hydrogens is 405 g/mol. The second-order valence-corrected chi connectivity index (χ2v) is 10.3. The molecule has 1 saturated heterocycles. The van der Waals surface area contributed by atoms with Gasteiger partial charge in [0.1, 0.15) is 5.75 Å². The van der Waals surface area contributed by atoms with E-state index in [1.165, 1.54) is 0 Å². The summed E-state index contributed by atoms with van der Waals surface area (Å²) in [4.78, 5) is 14.5. The molecule has 1 aliphatic heterocycles. The van der Waals surface area contributed by atoms with E-state index in [1.807, 2.05) is 18.2 Å². The van der Waals surface area contributed by atoms with E-state index in [0.717, 1.165) is 44.1 Å². The minimum absolute atomic E-state index is 0.0740. The zero-order chi connectivity index (χ0) is 21.8. The maximum absolute atomic E-state index is 12.8. The summed E-state index contributed by atoms with van der Waals surface area (Å²) in [6.07, 6.45) is 3.56. The van der Waals surface area contributed by atoms with Crippen molar-refractivity contribution < 1.29 is 23.8 Å². The summed E-state index contributed by atoms with van der Waals surface area (Å²) >= 11 is 0. The monoisotopic (exact) mass is 441 g/mol. The third-order valence-electron chi connectivity index (χ3n) is 5.09. The highest BCUT2D eigenvalue weighted by Gasteiger charge is 2.23. The van der Waals surface area contributed by atoms with Gasteiger partial charge in [-0.25, -0.2) is 5.06 Å². The van der Waals surface area contributed by atoms with Gasteiger partial charge in [0.25, 0.3) is 13.3 Å². The molecule has 170 valence electrons. The van der Waals surface area contributed by atoms with Crippen LogP contribution < -0.4 is 9.84 Å². The molecule has 0 bridgehead atoms. The Hall–Kier alpha value is -1.44. The topological polar surface area (TPSA) is 91.3 Å². The Labute approximate surface area is 179 Å². The zero-order valence-electron chi connectivity index (χ0n) is 18.2. The summed E-state index contributed by atoms with van der Waals surface area (Å²) < 4.78 is 24.2. The Morgan fingerprint density at radius 1 is 1.37 bits per heavy atom. The first-order valence-corrected chi connectivity index (χ1v) is 12.8. The third-order valence-corrected chi connectivity index (χ3v) is 7.30.